The highest BCUT2D eigenvalue weighted by Crippen LogP contribution is 2.44. The first-order valence-corrected chi connectivity index (χ1v) is 13.5. The number of para-hydroxylation sites is 1. The van der Waals surface area contributed by atoms with E-state index in [4.69, 9.17) is 11.6 Å². The van der Waals surface area contributed by atoms with Crippen LogP contribution in [-0.4, -0.2) is 4.40 Å². The fourth-order valence-corrected chi connectivity index (χ4v) is 6.98. The molecule has 8 aromatic rings. The number of pyridine rings is 1. The minimum atomic E-state index is 0.722. The molecule has 0 spiro atoms. The average Bonchev–Trinajstić information content (AvgIpc) is 3.28. The van der Waals surface area contributed by atoms with Crippen LogP contribution in [0.1, 0.15) is 0 Å². The molecule has 0 unspecified atom stereocenters. The molecule has 0 radical (unpaired) electrons. The van der Waals surface area contributed by atoms with Gasteiger partial charge in [-0.15, -0.1) is 0 Å². The van der Waals surface area contributed by atoms with Crippen molar-refractivity contribution < 1.29 is 0 Å². The molecule has 0 saturated carbocycles. The third-order valence-electron chi connectivity index (χ3n) is 7.60. The topological polar surface area (TPSA) is 4.41 Å². The summed E-state index contributed by atoms with van der Waals surface area (Å²) in [6.07, 6.45) is 0. The molecule has 0 aliphatic heterocycles. The molecular formula is C34H19BrClN. The van der Waals surface area contributed by atoms with Gasteiger partial charge in [-0.05, 0) is 69.4 Å². The zero-order valence-corrected chi connectivity index (χ0v) is 22.0. The summed E-state index contributed by atoms with van der Waals surface area (Å²) in [5.41, 5.74) is 8.44. The molecule has 0 amide bonds. The maximum atomic E-state index is 6.38. The van der Waals surface area contributed by atoms with Crippen LogP contribution in [0, 0.1) is 0 Å². The van der Waals surface area contributed by atoms with Crippen molar-refractivity contribution in [2.24, 2.45) is 0 Å². The number of aromatic nitrogens is 1. The second-order valence-corrected chi connectivity index (χ2v) is 11.0. The van der Waals surface area contributed by atoms with Crippen LogP contribution in [0.5, 0.6) is 0 Å². The fourth-order valence-electron chi connectivity index (χ4n) is 6.12. The molecule has 0 aliphatic rings. The van der Waals surface area contributed by atoms with Gasteiger partial charge in [0.15, 0.2) is 0 Å². The van der Waals surface area contributed by atoms with E-state index in [1.165, 1.54) is 60.0 Å². The van der Waals surface area contributed by atoms with E-state index in [-0.39, 0.29) is 0 Å². The standard InChI is InChI=1S/C34H19BrClN/c35-24-17-23(18-25(36)19-24)21-7-3-8-22(16-21)26-10-5-13-31-33(26)29-15-14-20-6-4-11-28-27-9-1-2-12-30(27)37(31)34(29)32(20)28/h1-19H. The first kappa shape index (κ1) is 21.3. The maximum Gasteiger partial charge on any atom is 0.0626 e. The van der Waals surface area contributed by atoms with Crippen LogP contribution in [0.25, 0.3) is 71.1 Å². The van der Waals surface area contributed by atoms with Gasteiger partial charge >= 0.3 is 0 Å². The van der Waals surface area contributed by atoms with E-state index in [9.17, 15) is 0 Å². The molecule has 2 heterocycles. The lowest BCUT2D eigenvalue weighted by molar-refractivity contribution is 1.35. The van der Waals surface area contributed by atoms with Crippen LogP contribution in [0.15, 0.2) is 120 Å². The van der Waals surface area contributed by atoms with E-state index in [0.717, 1.165) is 20.6 Å². The van der Waals surface area contributed by atoms with E-state index in [2.05, 4.69) is 123 Å². The van der Waals surface area contributed by atoms with Crippen LogP contribution < -0.4 is 0 Å². The third kappa shape index (κ3) is 3.03. The van der Waals surface area contributed by atoms with E-state index in [1.807, 2.05) is 12.1 Å². The van der Waals surface area contributed by atoms with Gasteiger partial charge in [0.2, 0.25) is 0 Å². The maximum absolute atomic E-state index is 6.38. The van der Waals surface area contributed by atoms with Crippen molar-refractivity contribution in [3.8, 4) is 22.3 Å². The monoisotopic (exact) mass is 555 g/mol. The number of fused-ring (bicyclic) bond motifs is 6. The Morgan fingerprint density at radius 1 is 0.541 bits per heavy atom. The highest BCUT2D eigenvalue weighted by atomic mass is 79.9. The van der Waals surface area contributed by atoms with Crippen molar-refractivity contribution in [2.75, 3.05) is 0 Å². The Morgan fingerprint density at radius 2 is 1.32 bits per heavy atom. The first-order valence-electron chi connectivity index (χ1n) is 12.3. The quantitative estimate of drug-likeness (QED) is 0.147. The van der Waals surface area contributed by atoms with Crippen molar-refractivity contribution in [1.29, 1.82) is 0 Å². The molecule has 0 fully saturated rings. The van der Waals surface area contributed by atoms with Crippen LogP contribution in [0.4, 0.5) is 0 Å². The van der Waals surface area contributed by atoms with Gasteiger partial charge in [-0.3, -0.25) is 0 Å². The molecular weight excluding hydrogens is 538 g/mol. The normalized spacial score (nSPS) is 12.1. The highest BCUT2D eigenvalue weighted by molar-refractivity contribution is 9.10. The molecule has 37 heavy (non-hydrogen) atoms. The molecule has 0 N–H and O–H groups in total. The lowest BCUT2D eigenvalue weighted by Crippen LogP contribution is -1.91. The largest absolute Gasteiger partial charge is 0.308 e. The smallest absolute Gasteiger partial charge is 0.0626 e. The van der Waals surface area contributed by atoms with Gasteiger partial charge in [0.1, 0.15) is 0 Å². The second-order valence-electron chi connectivity index (χ2n) is 9.66. The SMILES string of the molecule is Clc1cc(Br)cc(-c2cccc(-c3cccc4c3c3ccc5cccc6c7ccccc7n4c3c56)c2)c1. The molecule has 0 saturated heterocycles. The molecule has 1 nitrogen and oxygen atoms in total. The summed E-state index contributed by atoms with van der Waals surface area (Å²) >= 11 is 9.97. The molecule has 0 atom stereocenters. The van der Waals surface area contributed by atoms with Crippen molar-refractivity contribution in [3.63, 3.8) is 0 Å². The molecule has 8 rings (SSSR count). The van der Waals surface area contributed by atoms with Crippen molar-refractivity contribution in [1.82, 2.24) is 4.40 Å². The summed E-state index contributed by atoms with van der Waals surface area (Å²) in [7, 11) is 0. The predicted molar refractivity (Wildman–Crippen MR) is 162 cm³/mol. The van der Waals surface area contributed by atoms with E-state index in [1.54, 1.807) is 0 Å². The van der Waals surface area contributed by atoms with Crippen LogP contribution in [-0.2, 0) is 0 Å². The molecule has 0 aliphatic carbocycles. The number of benzene rings is 6. The van der Waals surface area contributed by atoms with Gasteiger partial charge in [0.25, 0.3) is 0 Å². The summed E-state index contributed by atoms with van der Waals surface area (Å²) in [5, 5.41) is 8.50. The Kier molecular flexibility index (Phi) is 4.49. The summed E-state index contributed by atoms with van der Waals surface area (Å²) in [4.78, 5) is 0. The molecule has 0 bridgehead atoms. The van der Waals surface area contributed by atoms with Gasteiger partial charge < -0.3 is 4.40 Å². The Balaban J connectivity index is 1.51. The Bertz CT molecular complexity index is 2140. The highest BCUT2D eigenvalue weighted by Gasteiger charge is 2.20. The minimum absolute atomic E-state index is 0.722. The van der Waals surface area contributed by atoms with Gasteiger partial charge in [-0.1, -0.05) is 106 Å². The predicted octanol–water partition coefficient (Wildman–Crippen LogP) is 10.7. The Hall–Kier alpha value is -3.85. The van der Waals surface area contributed by atoms with Crippen molar-refractivity contribution in [2.45, 2.75) is 0 Å². The van der Waals surface area contributed by atoms with Crippen LogP contribution in [0.3, 0.4) is 0 Å². The average molecular weight is 557 g/mol. The number of halogens is 2. The van der Waals surface area contributed by atoms with Crippen molar-refractivity contribution in [3.05, 3.63) is 125 Å². The number of nitrogens with zero attached hydrogens (tertiary/aromatic N) is 1. The van der Waals surface area contributed by atoms with E-state index < -0.39 is 0 Å². The van der Waals surface area contributed by atoms with Gasteiger partial charge in [-0.25, -0.2) is 0 Å². The van der Waals surface area contributed by atoms with Crippen LogP contribution in [0.2, 0.25) is 5.02 Å². The first-order chi connectivity index (χ1) is 18.2. The van der Waals surface area contributed by atoms with E-state index in [0.29, 0.717) is 0 Å². The lowest BCUT2D eigenvalue weighted by atomic mass is 9.95. The summed E-state index contributed by atoms with van der Waals surface area (Å²) in [5.74, 6) is 0. The Morgan fingerprint density at radius 3 is 2.24 bits per heavy atom. The molecule has 174 valence electrons. The van der Waals surface area contributed by atoms with Crippen molar-refractivity contribution >= 4 is 76.4 Å². The minimum Gasteiger partial charge on any atom is -0.308 e. The second kappa shape index (κ2) is 7.82. The Labute approximate surface area is 227 Å². The number of hydrogen-bond acceptors (Lipinski definition) is 0. The zero-order valence-electron chi connectivity index (χ0n) is 19.7. The number of hydrogen-bond donors (Lipinski definition) is 0. The van der Waals surface area contributed by atoms with Gasteiger partial charge in [0.05, 0.1) is 16.6 Å². The summed E-state index contributed by atoms with van der Waals surface area (Å²) < 4.78 is 3.45. The van der Waals surface area contributed by atoms with Crippen LogP contribution >= 0.6 is 27.5 Å². The zero-order chi connectivity index (χ0) is 24.7. The number of rotatable bonds is 2. The fraction of sp³-hybridized carbons (Fsp3) is 0. The lowest BCUT2D eigenvalue weighted by Gasteiger charge is -2.12. The molecule has 6 aromatic carbocycles. The summed E-state index contributed by atoms with van der Waals surface area (Å²) in [6, 6.07) is 41.5. The van der Waals surface area contributed by atoms with Gasteiger partial charge in [-0.2, -0.15) is 0 Å². The third-order valence-corrected chi connectivity index (χ3v) is 8.28. The summed E-state index contributed by atoms with van der Waals surface area (Å²) in [6.45, 7) is 0. The van der Waals surface area contributed by atoms with E-state index >= 15 is 0 Å². The van der Waals surface area contributed by atoms with Gasteiger partial charge in [0, 0.05) is 31.0 Å². The molecule has 2 aromatic heterocycles. The molecule has 3 heteroatoms.